The van der Waals surface area contributed by atoms with Crippen LogP contribution in [0.15, 0.2) is 47.4 Å². The summed E-state index contributed by atoms with van der Waals surface area (Å²) in [7, 11) is -2.29. The van der Waals surface area contributed by atoms with E-state index in [0.717, 1.165) is 19.3 Å². The summed E-state index contributed by atoms with van der Waals surface area (Å²) >= 11 is 0. The van der Waals surface area contributed by atoms with E-state index in [9.17, 15) is 13.2 Å². The van der Waals surface area contributed by atoms with E-state index in [1.165, 1.54) is 12.5 Å². The number of carbonyl (C=O) groups is 1. The van der Waals surface area contributed by atoms with Gasteiger partial charge in [0, 0.05) is 17.3 Å². The van der Waals surface area contributed by atoms with Gasteiger partial charge in [0.2, 0.25) is 0 Å². The zero-order valence-electron chi connectivity index (χ0n) is 17.1. The van der Waals surface area contributed by atoms with Gasteiger partial charge in [-0.1, -0.05) is 25.8 Å². The van der Waals surface area contributed by atoms with Crippen LogP contribution in [0.5, 0.6) is 5.75 Å². The lowest BCUT2D eigenvalue weighted by Gasteiger charge is -2.29. The molecule has 29 heavy (non-hydrogen) atoms. The molecule has 1 amide bonds. The highest BCUT2D eigenvalue weighted by Gasteiger charge is 2.24. The molecule has 1 aliphatic rings. The molecule has 0 aromatic heterocycles. The van der Waals surface area contributed by atoms with Gasteiger partial charge in [0.15, 0.2) is 0 Å². The summed E-state index contributed by atoms with van der Waals surface area (Å²) in [5.74, 6) is 0.836. The summed E-state index contributed by atoms with van der Waals surface area (Å²) < 4.78 is 33.5. The number of aryl methyl sites for hydroxylation is 1. The van der Waals surface area contributed by atoms with Crippen LogP contribution in [-0.2, 0) is 10.0 Å². The number of anilines is 1. The lowest BCUT2D eigenvalue weighted by molar-refractivity contribution is 0.0910. The Morgan fingerprint density at radius 3 is 2.41 bits per heavy atom. The highest BCUT2D eigenvalue weighted by atomic mass is 32.2. The zero-order chi connectivity index (χ0) is 21.0. The zero-order valence-corrected chi connectivity index (χ0v) is 17.9. The van der Waals surface area contributed by atoms with Crippen LogP contribution in [0.2, 0.25) is 0 Å². The van der Waals surface area contributed by atoms with Gasteiger partial charge >= 0.3 is 0 Å². The number of hydrogen-bond acceptors (Lipinski definition) is 4. The van der Waals surface area contributed by atoms with Gasteiger partial charge in [-0.15, -0.1) is 0 Å². The van der Waals surface area contributed by atoms with Crippen molar-refractivity contribution in [2.24, 2.45) is 5.92 Å². The Morgan fingerprint density at radius 1 is 1.07 bits per heavy atom. The molecule has 0 bridgehead atoms. The van der Waals surface area contributed by atoms with Gasteiger partial charge in [0.25, 0.3) is 15.9 Å². The van der Waals surface area contributed by atoms with Crippen LogP contribution < -0.4 is 14.8 Å². The van der Waals surface area contributed by atoms with Crippen molar-refractivity contribution in [3.63, 3.8) is 0 Å². The first-order valence-electron chi connectivity index (χ1n) is 9.88. The molecule has 1 aliphatic carbocycles. The van der Waals surface area contributed by atoms with Crippen molar-refractivity contribution in [2.75, 3.05) is 11.8 Å². The van der Waals surface area contributed by atoms with E-state index in [-0.39, 0.29) is 16.8 Å². The number of methoxy groups -OCH3 is 1. The lowest BCUT2D eigenvalue weighted by Crippen LogP contribution is -2.41. The van der Waals surface area contributed by atoms with Crippen LogP contribution in [0, 0.1) is 12.8 Å². The van der Waals surface area contributed by atoms with Gasteiger partial charge in [0.05, 0.1) is 12.0 Å². The molecule has 2 aromatic rings. The predicted molar refractivity (Wildman–Crippen MR) is 114 cm³/mol. The molecule has 0 radical (unpaired) electrons. The third-order valence-electron chi connectivity index (χ3n) is 5.51. The second-order valence-corrected chi connectivity index (χ2v) is 9.31. The van der Waals surface area contributed by atoms with Crippen LogP contribution in [0.3, 0.4) is 0 Å². The SMILES string of the molecule is COc1ccc(NS(=O)(=O)c2cc(C(=O)N[C@H]3CCCC[C@H]3C)ccc2C)cc1. The van der Waals surface area contributed by atoms with Gasteiger partial charge in [-0.3, -0.25) is 9.52 Å². The molecule has 6 nitrogen and oxygen atoms in total. The van der Waals surface area contributed by atoms with Gasteiger partial charge in [-0.25, -0.2) is 8.42 Å². The molecule has 0 heterocycles. The van der Waals surface area contributed by atoms with Gasteiger partial charge in [-0.2, -0.15) is 0 Å². The maximum atomic E-state index is 12.9. The summed E-state index contributed by atoms with van der Waals surface area (Å²) in [6, 6.07) is 11.5. The Morgan fingerprint density at radius 2 is 1.76 bits per heavy atom. The topological polar surface area (TPSA) is 84.5 Å². The average molecular weight is 417 g/mol. The second-order valence-electron chi connectivity index (χ2n) is 7.66. The van der Waals surface area contributed by atoms with Crippen LogP contribution >= 0.6 is 0 Å². The molecule has 1 saturated carbocycles. The van der Waals surface area contributed by atoms with E-state index in [0.29, 0.717) is 28.5 Å². The minimum atomic E-state index is -3.83. The van der Waals surface area contributed by atoms with Crippen LogP contribution in [0.1, 0.15) is 48.5 Å². The third kappa shape index (κ3) is 5.09. The van der Waals surface area contributed by atoms with Crippen molar-refractivity contribution >= 4 is 21.6 Å². The van der Waals surface area contributed by atoms with E-state index in [1.54, 1.807) is 50.4 Å². The molecule has 7 heteroatoms. The van der Waals surface area contributed by atoms with Crippen molar-refractivity contribution in [2.45, 2.75) is 50.5 Å². The number of carbonyl (C=O) groups excluding carboxylic acids is 1. The Balaban J connectivity index is 1.80. The fourth-order valence-electron chi connectivity index (χ4n) is 3.68. The molecule has 0 saturated heterocycles. The first-order valence-corrected chi connectivity index (χ1v) is 11.4. The molecule has 0 aliphatic heterocycles. The minimum Gasteiger partial charge on any atom is -0.497 e. The maximum Gasteiger partial charge on any atom is 0.262 e. The molecule has 156 valence electrons. The van der Waals surface area contributed by atoms with E-state index in [2.05, 4.69) is 17.0 Å². The van der Waals surface area contributed by atoms with Gasteiger partial charge in [-0.05, 0) is 67.6 Å². The first kappa shape index (κ1) is 21.2. The summed E-state index contributed by atoms with van der Waals surface area (Å²) in [6.07, 6.45) is 4.36. The fourth-order valence-corrected chi connectivity index (χ4v) is 5.01. The lowest BCUT2D eigenvalue weighted by atomic mass is 9.86. The Hall–Kier alpha value is -2.54. The number of ether oxygens (including phenoxy) is 1. The molecular weight excluding hydrogens is 388 g/mol. The summed E-state index contributed by atoms with van der Waals surface area (Å²) in [6.45, 7) is 3.86. The van der Waals surface area contributed by atoms with Crippen molar-refractivity contribution in [3.8, 4) is 5.75 Å². The van der Waals surface area contributed by atoms with Crippen molar-refractivity contribution < 1.29 is 17.9 Å². The molecule has 0 unspecified atom stereocenters. The third-order valence-corrected chi connectivity index (χ3v) is 7.03. The predicted octanol–water partition coefficient (Wildman–Crippen LogP) is 4.11. The first-order chi connectivity index (χ1) is 13.8. The summed E-state index contributed by atoms with van der Waals surface area (Å²) in [5, 5.41) is 3.08. The van der Waals surface area contributed by atoms with E-state index >= 15 is 0 Å². The Labute approximate surface area is 172 Å². The number of nitrogens with one attached hydrogen (secondary N) is 2. The molecule has 1 fully saturated rings. The van der Waals surface area contributed by atoms with Crippen LogP contribution in [0.25, 0.3) is 0 Å². The number of benzene rings is 2. The number of rotatable bonds is 6. The van der Waals surface area contributed by atoms with Crippen LogP contribution in [-0.4, -0.2) is 27.5 Å². The molecule has 2 aromatic carbocycles. The standard InChI is InChI=1S/C22H28N2O4S/c1-15-6-4-5-7-20(15)23-22(25)17-9-8-16(2)21(14-17)29(26,27)24-18-10-12-19(28-3)13-11-18/h8-15,20,24H,4-7H2,1-3H3,(H,23,25)/t15-,20+/m1/s1. The molecule has 2 N–H and O–H groups in total. The monoisotopic (exact) mass is 416 g/mol. The van der Waals surface area contributed by atoms with E-state index < -0.39 is 10.0 Å². The Kier molecular flexibility index (Phi) is 6.47. The highest BCUT2D eigenvalue weighted by Crippen LogP contribution is 2.25. The van der Waals surface area contributed by atoms with Crippen molar-refractivity contribution in [3.05, 3.63) is 53.6 Å². The minimum absolute atomic E-state index is 0.0951. The number of amides is 1. The van der Waals surface area contributed by atoms with Crippen molar-refractivity contribution in [1.82, 2.24) is 5.32 Å². The summed E-state index contributed by atoms with van der Waals surface area (Å²) in [4.78, 5) is 12.8. The number of sulfonamides is 1. The van der Waals surface area contributed by atoms with Gasteiger partial charge < -0.3 is 10.1 Å². The largest absolute Gasteiger partial charge is 0.497 e. The summed E-state index contributed by atoms with van der Waals surface area (Å²) in [5.41, 5.74) is 1.35. The normalized spacial score (nSPS) is 19.4. The highest BCUT2D eigenvalue weighted by molar-refractivity contribution is 7.92. The van der Waals surface area contributed by atoms with Crippen LogP contribution in [0.4, 0.5) is 5.69 Å². The second kappa shape index (κ2) is 8.86. The Bertz CT molecular complexity index is 971. The smallest absolute Gasteiger partial charge is 0.262 e. The fraction of sp³-hybridized carbons (Fsp3) is 0.409. The molecule has 0 spiro atoms. The van der Waals surface area contributed by atoms with E-state index in [1.807, 2.05) is 0 Å². The maximum absolute atomic E-state index is 12.9. The van der Waals surface area contributed by atoms with E-state index in [4.69, 9.17) is 4.74 Å². The number of hydrogen-bond donors (Lipinski definition) is 2. The molecule has 2 atom stereocenters. The molecule has 3 rings (SSSR count). The quantitative estimate of drug-likeness (QED) is 0.742. The van der Waals surface area contributed by atoms with Crippen molar-refractivity contribution in [1.29, 1.82) is 0 Å². The van der Waals surface area contributed by atoms with Gasteiger partial charge in [0.1, 0.15) is 5.75 Å². The average Bonchev–Trinajstić information content (AvgIpc) is 2.70. The molecular formula is C22H28N2O4S.